The smallest absolute Gasteiger partial charge is 0.209 e. The summed E-state index contributed by atoms with van der Waals surface area (Å²) in [4.78, 5) is 8.89. The first-order valence-corrected chi connectivity index (χ1v) is 7.77. The molecule has 2 aromatic heterocycles. The molecule has 1 aliphatic rings. The van der Waals surface area contributed by atoms with Gasteiger partial charge in [-0.05, 0) is 19.1 Å². The molecule has 0 amide bonds. The van der Waals surface area contributed by atoms with Crippen molar-refractivity contribution in [3.8, 4) is 11.5 Å². The number of nitrogens with one attached hydrogen (secondary N) is 1. The van der Waals surface area contributed by atoms with Crippen molar-refractivity contribution in [1.82, 2.24) is 14.5 Å². The number of fused-ring (bicyclic) bond motifs is 3. The van der Waals surface area contributed by atoms with Gasteiger partial charge < -0.3 is 19.4 Å². The second-order valence-electron chi connectivity index (χ2n) is 5.44. The molecule has 0 fully saturated rings. The molecule has 8 heteroatoms. The Morgan fingerprint density at radius 1 is 1.21 bits per heavy atom. The van der Waals surface area contributed by atoms with Gasteiger partial charge in [0.2, 0.25) is 5.95 Å². The molecule has 3 aromatic rings. The Kier molecular flexibility index (Phi) is 3.45. The normalized spacial score (nSPS) is 13.3. The number of para-hydroxylation sites is 1. The standard InChI is InChI=1S/C16H14ClFN4O2/c1-8-13-14(24-7-6-23-13)12-15(19-8)21-16(22(12)2)20-11-9(17)4-3-5-10(11)18/h3-5H,6-7H2,1-2H3,(H,19,20,21). The average Bonchev–Trinajstić information content (AvgIpc) is 2.87. The second kappa shape index (κ2) is 5.52. The molecule has 6 nitrogen and oxygen atoms in total. The number of halogens is 2. The largest absolute Gasteiger partial charge is 0.484 e. The van der Waals surface area contributed by atoms with Crippen LogP contribution in [0.1, 0.15) is 5.69 Å². The van der Waals surface area contributed by atoms with Gasteiger partial charge in [0.15, 0.2) is 17.1 Å². The SMILES string of the molecule is Cc1nc2nc(Nc3c(F)cccc3Cl)n(C)c2c2c1OCCO2. The van der Waals surface area contributed by atoms with Gasteiger partial charge in [-0.25, -0.2) is 9.37 Å². The van der Waals surface area contributed by atoms with E-state index in [9.17, 15) is 4.39 Å². The lowest BCUT2D eigenvalue weighted by molar-refractivity contribution is 0.171. The molecule has 0 spiro atoms. The van der Waals surface area contributed by atoms with Crippen LogP contribution >= 0.6 is 11.6 Å². The minimum absolute atomic E-state index is 0.167. The van der Waals surface area contributed by atoms with Gasteiger partial charge in [-0.1, -0.05) is 17.7 Å². The summed E-state index contributed by atoms with van der Waals surface area (Å²) in [5.74, 6) is 1.17. The molecular weight excluding hydrogens is 335 g/mol. The van der Waals surface area contributed by atoms with Crippen LogP contribution in [-0.2, 0) is 7.05 Å². The predicted octanol–water partition coefficient (Wildman–Crippen LogP) is 3.58. The lowest BCUT2D eigenvalue weighted by Crippen LogP contribution is -2.17. The quantitative estimate of drug-likeness (QED) is 0.767. The first kappa shape index (κ1) is 15.0. The monoisotopic (exact) mass is 348 g/mol. The highest BCUT2D eigenvalue weighted by Gasteiger charge is 2.24. The Balaban J connectivity index is 1.87. The number of ether oxygens (including phenoxy) is 2. The van der Waals surface area contributed by atoms with Crippen LogP contribution in [0.2, 0.25) is 5.02 Å². The third-order valence-corrected chi connectivity index (χ3v) is 4.19. The topological polar surface area (TPSA) is 61.2 Å². The number of nitrogens with zero attached hydrogens (tertiary/aromatic N) is 3. The van der Waals surface area contributed by atoms with Crippen LogP contribution in [0.3, 0.4) is 0 Å². The number of hydrogen-bond donors (Lipinski definition) is 1. The first-order chi connectivity index (χ1) is 11.6. The number of rotatable bonds is 2. The molecular formula is C16H14ClFN4O2. The van der Waals surface area contributed by atoms with E-state index in [0.717, 1.165) is 0 Å². The minimum Gasteiger partial charge on any atom is -0.484 e. The molecule has 0 saturated carbocycles. The van der Waals surface area contributed by atoms with E-state index < -0.39 is 5.82 Å². The molecule has 3 heterocycles. The fraction of sp³-hybridized carbons (Fsp3) is 0.250. The van der Waals surface area contributed by atoms with Crippen molar-refractivity contribution < 1.29 is 13.9 Å². The van der Waals surface area contributed by atoms with E-state index in [1.54, 1.807) is 23.7 Å². The number of anilines is 2. The zero-order valence-corrected chi connectivity index (χ0v) is 13.8. The van der Waals surface area contributed by atoms with E-state index in [2.05, 4.69) is 15.3 Å². The number of pyridine rings is 1. The van der Waals surface area contributed by atoms with Gasteiger partial charge in [0.25, 0.3) is 0 Å². The highest BCUT2D eigenvalue weighted by molar-refractivity contribution is 6.33. The van der Waals surface area contributed by atoms with Crippen molar-refractivity contribution in [2.75, 3.05) is 18.5 Å². The Labute approximate surface area is 142 Å². The second-order valence-corrected chi connectivity index (χ2v) is 5.85. The van der Waals surface area contributed by atoms with Crippen LogP contribution in [0.4, 0.5) is 16.0 Å². The Morgan fingerprint density at radius 2 is 1.96 bits per heavy atom. The van der Waals surface area contributed by atoms with E-state index in [1.165, 1.54) is 6.07 Å². The van der Waals surface area contributed by atoms with Gasteiger partial charge >= 0.3 is 0 Å². The van der Waals surface area contributed by atoms with Crippen molar-refractivity contribution in [2.24, 2.45) is 7.05 Å². The zero-order valence-electron chi connectivity index (χ0n) is 13.1. The van der Waals surface area contributed by atoms with Gasteiger partial charge in [-0.15, -0.1) is 0 Å². The Hall–Kier alpha value is -2.54. The van der Waals surface area contributed by atoms with Crippen LogP contribution in [0.5, 0.6) is 11.5 Å². The van der Waals surface area contributed by atoms with E-state index in [4.69, 9.17) is 21.1 Å². The van der Waals surface area contributed by atoms with Crippen molar-refractivity contribution in [1.29, 1.82) is 0 Å². The molecule has 4 rings (SSSR count). The number of imidazole rings is 1. The van der Waals surface area contributed by atoms with Crippen LogP contribution in [0, 0.1) is 12.7 Å². The van der Waals surface area contributed by atoms with E-state index in [0.29, 0.717) is 47.5 Å². The molecule has 1 aliphatic heterocycles. The van der Waals surface area contributed by atoms with Crippen LogP contribution < -0.4 is 14.8 Å². The molecule has 0 aliphatic carbocycles. The van der Waals surface area contributed by atoms with E-state index in [-0.39, 0.29) is 10.7 Å². The van der Waals surface area contributed by atoms with Crippen LogP contribution in [0.25, 0.3) is 11.2 Å². The third-order valence-electron chi connectivity index (χ3n) is 3.88. The summed E-state index contributed by atoms with van der Waals surface area (Å²) in [6.45, 7) is 2.77. The number of aryl methyl sites for hydroxylation is 2. The molecule has 1 aromatic carbocycles. The summed E-state index contributed by atoms with van der Waals surface area (Å²) in [5, 5.41) is 3.20. The molecule has 0 saturated heterocycles. The van der Waals surface area contributed by atoms with Gasteiger partial charge in [0.05, 0.1) is 16.4 Å². The number of hydrogen-bond acceptors (Lipinski definition) is 5. The maximum absolute atomic E-state index is 14.0. The highest BCUT2D eigenvalue weighted by Crippen LogP contribution is 2.40. The summed E-state index contributed by atoms with van der Waals surface area (Å²) in [6, 6.07) is 4.49. The maximum Gasteiger partial charge on any atom is 0.209 e. The fourth-order valence-electron chi connectivity index (χ4n) is 2.73. The number of aromatic nitrogens is 3. The van der Waals surface area contributed by atoms with Gasteiger partial charge in [-0.3, -0.25) is 0 Å². The van der Waals surface area contributed by atoms with Gasteiger partial charge in [0.1, 0.15) is 24.5 Å². The van der Waals surface area contributed by atoms with Crippen molar-refractivity contribution in [3.63, 3.8) is 0 Å². The molecule has 0 radical (unpaired) electrons. The fourth-order valence-corrected chi connectivity index (χ4v) is 2.94. The summed E-state index contributed by atoms with van der Waals surface area (Å²) in [5.41, 5.74) is 2.05. The summed E-state index contributed by atoms with van der Waals surface area (Å²) in [6.07, 6.45) is 0. The van der Waals surface area contributed by atoms with E-state index >= 15 is 0 Å². The third kappa shape index (κ3) is 2.24. The summed E-state index contributed by atoms with van der Waals surface area (Å²) >= 11 is 6.07. The van der Waals surface area contributed by atoms with Crippen molar-refractivity contribution >= 4 is 34.4 Å². The van der Waals surface area contributed by atoms with Crippen molar-refractivity contribution in [3.05, 3.63) is 34.7 Å². The van der Waals surface area contributed by atoms with Crippen LogP contribution in [0.15, 0.2) is 18.2 Å². The lowest BCUT2D eigenvalue weighted by Gasteiger charge is -2.20. The maximum atomic E-state index is 14.0. The molecule has 0 bridgehead atoms. The molecule has 24 heavy (non-hydrogen) atoms. The van der Waals surface area contributed by atoms with Crippen LogP contribution in [-0.4, -0.2) is 27.7 Å². The molecule has 0 atom stereocenters. The minimum atomic E-state index is -0.458. The molecule has 0 unspecified atom stereocenters. The lowest BCUT2D eigenvalue weighted by atomic mass is 10.3. The number of benzene rings is 1. The average molecular weight is 349 g/mol. The predicted molar refractivity (Wildman–Crippen MR) is 88.9 cm³/mol. The Bertz CT molecular complexity index is 937. The van der Waals surface area contributed by atoms with Gasteiger partial charge in [-0.2, -0.15) is 4.98 Å². The van der Waals surface area contributed by atoms with E-state index in [1.807, 2.05) is 6.92 Å². The van der Waals surface area contributed by atoms with Gasteiger partial charge in [0, 0.05) is 7.05 Å². The molecule has 1 N–H and O–H groups in total. The zero-order chi connectivity index (χ0) is 16.8. The summed E-state index contributed by atoms with van der Waals surface area (Å²) in [7, 11) is 1.79. The summed E-state index contributed by atoms with van der Waals surface area (Å²) < 4.78 is 27.2. The Morgan fingerprint density at radius 3 is 2.71 bits per heavy atom. The van der Waals surface area contributed by atoms with Crippen molar-refractivity contribution in [2.45, 2.75) is 6.92 Å². The highest BCUT2D eigenvalue weighted by atomic mass is 35.5. The first-order valence-electron chi connectivity index (χ1n) is 7.40. The molecule has 124 valence electrons.